The van der Waals surface area contributed by atoms with Crippen LogP contribution in [0.1, 0.15) is 12.8 Å². The lowest BCUT2D eigenvalue weighted by atomic mass is 10.4. The van der Waals surface area contributed by atoms with Crippen molar-refractivity contribution >= 4 is 26.9 Å². The molecule has 0 amide bonds. The Morgan fingerprint density at radius 3 is 3.07 bits per heavy atom. The first-order valence-corrected chi connectivity index (χ1v) is 5.59. The Morgan fingerprint density at radius 2 is 2.29 bits per heavy atom. The van der Waals surface area contributed by atoms with Gasteiger partial charge < -0.3 is 4.42 Å². The van der Waals surface area contributed by atoms with E-state index in [2.05, 4.69) is 15.4 Å². The van der Waals surface area contributed by atoms with Gasteiger partial charge in [-0.05, 0) is 18.9 Å². The minimum atomic E-state index is 0.733. The first-order valence-electron chi connectivity index (χ1n) is 4.77. The maximum atomic E-state index is 5.20. The second kappa shape index (κ2) is 3.25. The molecular formula is C9H11N3OS. The molecule has 74 valence electrons. The van der Waals surface area contributed by atoms with E-state index in [4.69, 9.17) is 4.42 Å². The predicted molar refractivity (Wildman–Crippen MR) is 56.3 cm³/mol. The maximum absolute atomic E-state index is 5.20. The van der Waals surface area contributed by atoms with Gasteiger partial charge in [0.1, 0.15) is 0 Å². The van der Waals surface area contributed by atoms with Gasteiger partial charge in [0.25, 0.3) is 0 Å². The van der Waals surface area contributed by atoms with E-state index in [1.807, 2.05) is 6.07 Å². The Hall–Kier alpha value is -1.07. The number of nitrogens with zero attached hydrogens (tertiary/aromatic N) is 2. The zero-order valence-corrected chi connectivity index (χ0v) is 8.51. The first-order chi connectivity index (χ1) is 6.92. The van der Waals surface area contributed by atoms with Crippen molar-refractivity contribution in [1.82, 2.24) is 9.99 Å². The Kier molecular flexibility index (Phi) is 1.92. The Labute approximate surface area is 85.5 Å². The molecule has 0 radical (unpaired) electrons. The molecule has 0 aliphatic carbocycles. The number of nitrogens with one attached hydrogen (secondary N) is 1. The maximum Gasteiger partial charge on any atom is 0.239 e. The summed E-state index contributed by atoms with van der Waals surface area (Å²) in [6.07, 6.45) is 4.22. The summed E-state index contributed by atoms with van der Waals surface area (Å²) < 4.78 is 6.31. The van der Waals surface area contributed by atoms with Gasteiger partial charge in [-0.2, -0.15) is 4.98 Å². The second-order valence-corrected chi connectivity index (χ2v) is 4.45. The van der Waals surface area contributed by atoms with Crippen LogP contribution in [0, 0.1) is 0 Å². The fourth-order valence-corrected chi connectivity index (χ4v) is 2.50. The van der Waals surface area contributed by atoms with Gasteiger partial charge in [0.2, 0.25) is 10.8 Å². The summed E-state index contributed by atoms with van der Waals surface area (Å²) in [6.45, 7) is 2.22. The lowest BCUT2D eigenvalue weighted by Gasteiger charge is -2.14. The first kappa shape index (κ1) is 8.26. The predicted octanol–water partition coefficient (Wildman–Crippen LogP) is 2.31. The van der Waals surface area contributed by atoms with Gasteiger partial charge >= 0.3 is 0 Å². The average Bonchev–Trinajstić information content (AvgIpc) is 2.78. The van der Waals surface area contributed by atoms with Crippen molar-refractivity contribution in [2.75, 3.05) is 18.5 Å². The van der Waals surface area contributed by atoms with Crippen LogP contribution in [0.25, 0.3) is 10.4 Å². The molecule has 5 heteroatoms. The number of rotatable bonds is 2. The van der Waals surface area contributed by atoms with E-state index < -0.39 is 0 Å². The van der Waals surface area contributed by atoms with Crippen molar-refractivity contribution in [2.45, 2.75) is 12.8 Å². The molecule has 4 nitrogen and oxygen atoms in total. The molecule has 3 heterocycles. The van der Waals surface area contributed by atoms with E-state index in [0.29, 0.717) is 0 Å². The van der Waals surface area contributed by atoms with Crippen LogP contribution in [0.3, 0.4) is 0 Å². The van der Waals surface area contributed by atoms with Gasteiger partial charge in [-0.25, -0.2) is 5.01 Å². The number of thiazole rings is 1. The van der Waals surface area contributed by atoms with Crippen LogP contribution < -0.4 is 5.43 Å². The van der Waals surface area contributed by atoms with Crippen molar-refractivity contribution in [2.24, 2.45) is 0 Å². The molecule has 2 aromatic rings. The summed E-state index contributed by atoms with van der Waals surface area (Å²) in [7, 11) is 0. The third-order valence-electron chi connectivity index (χ3n) is 2.38. The number of hydrazine groups is 1. The minimum Gasteiger partial charge on any atom is -0.445 e. The number of fused-ring (bicyclic) bond motifs is 1. The molecule has 0 saturated carbocycles. The lowest BCUT2D eigenvalue weighted by molar-refractivity contribution is 0.410. The van der Waals surface area contributed by atoms with Crippen LogP contribution in [-0.2, 0) is 0 Å². The normalized spacial score (nSPS) is 18.0. The molecule has 0 aromatic carbocycles. The molecule has 1 N–H and O–H groups in total. The van der Waals surface area contributed by atoms with Gasteiger partial charge in [0, 0.05) is 13.1 Å². The highest BCUT2D eigenvalue weighted by atomic mass is 32.1. The molecule has 2 aromatic heterocycles. The summed E-state index contributed by atoms with van der Waals surface area (Å²) in [4.78, 5) is 4.34. The van der Waals surface area contributed by atoms with E-state index in [1.165, 1.54) is 12.8 Å². The topological polar surface area (TPSA) is 41.3 Å². The lowest BCUT2D eigenvalue weighted by Crippen LogP contribution is -2.25. The zero-order valence-electron chi connectivity index (χ0n) is 7.69. The Balaban J connectivity index is 1.80. The molecule has 1 aliphatic heterocycles. The summed E-state index contributed by atoms with van der Waals surface area (Å²) in [5.74, 6) is 0. The largest absolute Gasteiger partial charge is 0.445 e. The number of aromatic nitrogens is 1. The molecule has 1 fully saturated rings. The van der Waals surface area contributed by atoms with Crippen LogP contribution in [-0.4, -0.2) is 23.1 Å². The quantitative estimate of drug-likeness (QED) is 0.824. The highest BCUT2D eigenvalue weighted by Crippen LogP contribution is 2.27. The zero-order chi connectivity index (χ0) is 9.38. The standard InChI is InChI=1S/C9H11N3OS/c1-2-5-12(4-1)11-9-10-8-7(14-9)3-6-13-8/h3,6H,1-2,4-5H2,(H,10,11). The van der Waals surface area contributed by atoms with Gasteiger partial charge in [-0.15, -0.1) is 0 Å². The summed E-state index contributed by atoms with van der Waals surface area (Å²) >= 11 is 1.63. The Morgan fingerprint density at radius 1 is 1.43 bits per heavy atom. The number of furan rings is 1. The third kappa shape index (κ3) is 1.38. The van der Waals surface area contributed by atoms with E-state index in [9.17, 15) is 0 Å². The van der Waals surface area contributed by atoms with Crippen LogP contribution in [0.2, 0.25) is 0 Å². The van der Waals surface area contributed by atoms with E-state index >= 15 is 0 Å². The monoisotopic (exact) mass is 209 g/mol. The molecule has 14 heavy (non-hydrogen) atoms. The van der Waals surface area contributed by atoms with E-state index in [1.54, 1.807) is 17.6 Å². The van der Waals surface area contributed by atoms with Crippen LogP contribution >= 0.6 is 11.3 Å². The second-order valence-electron chi connectivity index (χ2n) is 3.41. The van der Waals surface area contributed by atoms with E-state index in [-0.39, 0.29) is 0 Å². The SMILES string of the molecule is c1cc2sc(NN3CCCC3)nc2o1. The molecule has 0 bridgehead atoms. The van der Waals surface area contributed by atoms with Crippen LogP contribution in [0.5, 0.6) is 0 Å². The van der Waals surface area contributed by atoms with Crippen molar-refractivity contribution in [3.05, 3.63) is 12.3 Å². The van der Waals surface area contributed by atoms with Crippen LogP contribution in [0.15, 0.2) is 16.7 Å². The molecule has 1 aliphatic rings. The average molecular weight is 209 g/mol. The fraction of sp³-hybridized carbons (Fsp3) is 0.444. The van der Waals surface area contributed by atoms with Gasteiger partial charge in [-0.1, -0.05) is 11.3 Å². The highest BCUT2D eigenvalue weighted by molar-refractivity contribution is 7.22. The molecule has 0 atom stereocenters. The van der Waals surface area contributed by atoms with Gasteiger partial charge in [-0.3, -0.25) is 5.43 Å². The van der Waals surface area contributed by atoms with Crippen molar-refractivity contribution < 1.29 is 4.42 Å². The number of anilines is 1. The smallest absolute Gasteiger partial charge is 0.239 e. The molecule has 1 saturated heterocycles. The van der Waals surface area contributed by atoms with Crippen molar-refractivity contribution in [3.8, 4) is 0 Å². The highest BCUT2D eigenvalue weighted by Gasteiger charge is 2.13. The molecule has 0 unspecified atom stereocenters. The van der Waals surface area contributed by atoms with Gasteiger partial charge in [0.15, 0.2) is 0 Å². The van der Waals surface area contributed by atoms with Crippen LogP contribution in [0.4, 0.5) is 5.13 Å². The Bertz CT molecular complexity index is 401. The summed E-state index contributed by atoms with van der Waals surface area (Å²) in [5.41, 5.74) is 4.03. The summed E-state index contributed by atoms with van der Waals surface area (Å²) in [5, 5.41) is 3.14. The fourth-order valence-electron chi connectivity index (χ4n) is 1.68. The molecular weight excluding hydrogens is 198 g/mol. The minimum absolute atomic E-state index is 0.733. The third-order valence-corrected chi connectivity index (χ3v) is 3.29. The number of hydrogen-bond donors (Lipinski definition) is 1. The number of hydrogen-bond acceptors (Lipinski definition) is 5. The van der Waals surface area contributed by atoms with Crippen molar-refractivity contribution in [3.63, 3.8) is 0 Å². The molecule has 0 spiro atoms. The van der Waals surface area contributed by atoms with E-state index in [0.717, 1.165) is 28.6 Å². The van der Waals surface area contributed by atoms with Crippen molar-refractivity contribution in [1.29, 1.82) is 0 Å². The van der Waals surface area contributed by atoms with Gasteiger partial charge in [0.05, 0.1) is 11.0 Å². The summed E-state index contributed by atoms with van der Waals surface area (Å²) in [6, 6.07) is 1.95. The molecule has 3 rings (SSSR count).